The number of nitrogens with one attached hydrogen (secondary N) is 1. The first-order valence-electron chi connectivity index (χ1n) is 13.5. The van der Waals surface area contributed by atoms with Crippen LogP contribution in [0.1, 0.15) is 71.8 Å². The van der Waals surface area contributed by atoms with E-state index in [-0.39, 0.29) is 30.7 Å². The topological polar surface area (TPSA) is 103 Å². The highest BCUT2D eigenvalue weighted by atomic mass is 16.6. The molecule has 0 spiro atoms. The van der Waals surface area contributed by atoms with Crippen molar-refractivity contribution in [2.45, 2.75) is 84.5 Å². The third kappa shape index (κ3) is 10.3. The van der Waals surface area contributed by atoms with E-state index in [1.807, 2.05) is 6.07 Å². The average molecular weight is 545 g/mol. The van der Waals surface area contributed by atoms with Crippen LogP contribution in [0.15, 0.2) is 42.6 Å². The Morgan fingerprint density at radius 1 is 1.13 bits per heavy atom. The number of amides is 2. The van der Waals surface area contributed by atoms with Gasteiger partial charge in [-0.15, -0.1) is 6.58 Å². The predicted octanol–water partition coefficient (Wildman–Crippen LogP) is 5.53. The number of methoxy groups -OCH3 is 2. The molecule has 216 valence electrons. The molecule has 2 rings (SSSR count). The first-order chi connectivity index (χ1) is 18.5. The number of hydrogen-bond acceptors (Lipinski definition) is 7. The maximum atomic E-state index is 13.8. The Bertz CT molecular complexity index is 1020. The number of carbonyl (C=O) groups is 3. The summed E-state index contributed by atoms with van der Waals surface area (Å²) in [5.41, 5.74) is 0.0350. The van der Waals surface area contributed by atoms with Crippen LogP contribution in [0, 0.1) is 5.92 Å². The molecule has 1 aromatic carbocycles. The fourth-order valence-electron chi connectivity index (χ4n) is 4.43. The number of rotatable bonds is 12. The Morgan fingerprint density at radius 2 is 1.82 bits per heavy atom. The summed E-state index contributed by atoms with van der Waals surface area (Å²) in [6.45, 7) is 10.9. The molecule has 1 saturated carbocycles. The van der Waals surface area contributed by atoms with Gasteiger partial charge >= 0.3 is 12.1 Å². The first kappa shape index (κ1) is 31.7. The molecular formula is C30H44N2O7. The predicted molar refractivity (Wildman–Crippen MR) is 149 cm³/mol. The van der Waals surface area contributed by atoms with Gasteiger partial charge in [-0.3, -0.25) is 14.9 Å². The minimum Gasteiger partial charge on any atom is -0.497 e. The van der Waals surface area contributed by atoms with Crippen LogP contribution in [0.25, 0.3) is 0 Å². The number of hydrogen-bond donors (Lipinski definition) is 1. The van der Waals surface area contributed by atoms with E-state index in [0.717, 1.165) is 37.7 Å². The molecule has 0 bridgehead atoms. The number of ether oxygens (including phenoxy) is 4. The quantitative estimate of drug-likeness (QED) is 0.210. The van der Waals surface area contributed by atoms with Gasteiger partial charge in [0.25, 0.3) is 5.91 Å². The second kappa shape index (κ2) is 15.2. The van der Waals surface area contributed by atoms with Crippen molar-refractivity contribution < 1.29 is 33.3 Å². The number of alkyl carbamates (subject to hydrolysis) is 1. The SMILES string of the molecule is C=CCC(CN(Cc1ccc(OC)cc1OC)C(=O)/C(=C/C)NC(=O)OC(C)(C)C)OC(=O)C1CCCCC1. The van der Waals surface area contributed by atoms with Crippen LogP contribution in [0.5, 0.6) is 11.5 Å². The van der Waals surface area contributed by atoms with Crippen LogP contribution in [0.2, 0.25) is 0 Å². The van der Waals surface area contributed by atoms with Gasteiger partial charge in [0, 0.05) is 24.6 Å². The summed E-state index contributed by atoms with van der Waals surface area (Å²) in [5.74, 6) is 0.323. The molecule has 1 atom stereocenters. The molecule has 0 aliphatic heterocycles. The molecule has 9 nitrogen and oxygen atoms in total. The minimum atomic E-state index is -0.739. The van der Waals surface area contributed by atoms with Crippen molar-refractivity contribution in [2.24, 2.45) is 5.92 Å². The van der Waals surface area contributed by atoms with E-state index in [9.17, 15) is 14.4 Å². The monoisotopic (exact) mass is 544 g/mol. The van der Waals surface area contributed by atoms with E-state index in [2.05, 4.69) is 11.9 Å². The molecule has 0 heterocycles. The Labute approximate surface area is 232 Å². The molecule has 0 radical (unpaired) electrons. The minimum absolute atomic E-state index is 0.0488. The van der Waals surface area contributed by atoms with Gasteiger partial charge in [-0.05, 0) is 52.7 Å². The molecule has 1 unspecified atom stereocenters. The van der Waals surface area contributed by atoms with E-state index in [1.165, 1.54) is 11.0 Å². The Morgan fingerprint density at radius 3 is 2.38 bits per heavy atom. The number of esters is 1. The van der Waals surface area contributed by atoms with Gasteiger partial charge in [-0.1, -0.05) is 31.4 Å². The number of benzene rings is 1. The van der Waals surface area contributed by atoms with Gasteiger partial charge < -0.3 is 23.8 Å². The fourth-order valence-corrected chi connectivity index (χ4v) is 4.43. The number of allylic oxidation sites excluding steroid dienone is 1. The van der Waals surface area contributed by atoms with Gasteiger partial charge in [0.05, 0.1) is 26.7 Å². The second-order valence-electron chi connectivity index (χ2n) is 10.6. The molecule has 2 amide bonds. The smallest absolute Gasteiger partial charge is 0.412 e. The summed E-state index contributed by atoms with van der Waals surface area (Å²) in [6, 6.07) is 5.32. The normalized spacial score (nSPS) is 15.1. The lowest BCUT2D eigenvalue weighted by Crippen LogP contribution is -2.44. The molecule has 39 heavy (non-hydrogen) atoms. The third-order valence-corrected chi connectivity index (χ3v) is 6.37. The van der Waals surface area contributed by atoms with E-state index in [0.29, 0.717) is 17.9 Å². The van der Waals surface area contributed by atoms with Crippen molar-refractivity contribution in [3.05, 3.63) is 48.2 Å². The third-order valence-electron chi connectivity index (χ3n) is 6.37. The lowest BCUT2D eigenvalue weighted by molar-refractivity contribution is -0.157. The lowest BCUT2D eigenvalue weighted by Gasteiger charge is -2.30. The van der Waals surface area contributed by atoms with E-state index in [1.54, 1.807) is 60.1 Å². The number of nitrogens with zero attached hydrogens (tertiary/aromatic N) is 1. The summed E-state index contributed by atoms with van der Waals surface area (Å²) < 4.78 is 22.1. The highest BCUT2D eigenvalue weighted by molar-refractivity contribution is 5.96. The van der Waals surface area contributed by atoms with Crippen LogP contribution < -0.4 is 14.8 Å². The molecule has 1 fully saturated rings. The first-order valence-corrected chi connectivity index (χ1v) is 13.5. The maximum Gasteiger partial charge on any atom is 0.412 e. The van der Waals surface area contributed by atoms with Crippen LogP contribution in [0.4, 0.5) is 4.79 Å². The zero-order valence-corrected chi connectivity index (χ0v) is 24.2. The maximum absolute atomic E-state index is 13.8. The summed E-state index contributed by atoms with van der Waals surface area (Å²) in [4.78, 5) is 40.7. The Kier molecular flexibility index (Phi) is 12.4. The van der Waals surface area contributed by atoms with E-state index < -0.39 is 23.7 Å². The van der Waals surface area contributed by atoms with E-state index >= 15 is 0 Å². The largest absolute Gasteiger partial charge is 0.497 e. The number of carbonyl (C=O) groups excluding carboxylic acids is 3. The van der Waals surface area contributed by atoms with Crippen molar-refractivity contribution in [3.63, 3.8) is 0 Å². The molecule has 0 saturated heterocycles. The van der Waals surface area contributed by atoms with E-state index in [4.69, 9.17) is 18.9 Å². The fraction of sp³-hybridized carbons (Fsp3) is 0.567. The summed E-state index contributed by atoms with van der Waals surface area (Å²) in [6.07, 6.45) is 6.98. The molecule has 9 heteroatoms. The molecule has 1 aromatic rings. The van der Waals surface area contributed by atoms with Gasteiger partial charge in [-0.2, -0.15) is 0 Å². The second-order valence-corrected chi connectivity index (χ2v) is 10.6. The zero-order valence-electron chi connectivity index (χ0n) is 24.2. The average Bonchev–Trinajstić information content (AvgIpc) is 2.90. The van der Waals surface area contributed by atoms with Crippen molar-refractivity contribution in [1.82, 2.24) is 10.2 Å². The van der Waals surface area contributed by atoms with Crippen molar-refractivity contribution in [2.75, 3.05) is 20.8 Å². The van der Waals surface area contributed by atoms with Gasteiger partial charge in [0.2, 0.25) is 0 Å². The molecule has 1 N–H and O–H groups in total. The standard InChI is InChI=1S/C30H44N2O7/c1-8-13-24(38-28(34)21-14-11-10-12-15-21)20-32(19-22-16-17-23(36-6)18-26(22)37-7)27(33)25(9-2)31-29(35)39-30(3,4)5/h8-9,16-18,21,24H,1,10-15,19-20H2,2-7H3,(H,31,35)/b25-9-. The zero-order chi connectivity index (χ0) is 29.0. The molecule has 0 aromatic heterocycles. The van der Waals surface area contributed by atoms with Gasteiger partial charge in [-0.25, -0.2) is 4.79 Å². The summed E-state index contributed by atoms with van der Waals surface area (Å²) >= 11 is 0. The highest BCUT2D eigenvalue weighted by Gasteiger charge is 2.29. The van der Waals surface area contributed by atoms with Crippen molar-refractivity contribution >= 4 is 18.0 Å². The van der Waals surface area contributed by atoms with Crippen LogP contribution in [0.3, 0.4) is 0 Å². The molecular weight excluding hydrogens is 500 g/mol. The Balaban J connectivity index is 2.34. The molecule has 1 aliphatic rings. The lowest BCUT2D eigenvalue weighted by atomic mass is 9.89. The van der Waals surface area contributed by atoms with Crippen molar-refractivity contribution in [3.8, 4) is 11.5 Å². The van der Waals surface area contributed by atoms with Gasteiger partial charge in [0.15, 0.2) is 0 Å². The van der Waals surface area contributed by atoms with Gasteiger partial charge in [0.1, 0.15) is 28.9 Å². The van der Waals surface area contributed by atoms with Crippen LogP contribution >= 0.6 is 0 Å². The van der Waals surface area contributed by atoms with Crippen LogP contribution in [-0.2, 0) is 25.6 Å². The molecule has 1 aliphatic carbocycles. The van der Waals surface area contributed by atoms with Crippen LogP contribution in [-0.4, -0.2) is 55.3 Å². The summed E-state index contributed by atoms with van der Waals surface area (Å²) in [5, 5.41) is 2.56. The highest BCUT2D eigenvalue weighted by Crippen LogP contribution is 2.28. The summed E-state index contributed by atoms with van der Waals surface area (Å²) in [7, 11) is 3.10. The Hall–Kier alpha value is -3.49. The van der Waals surface area contributed by atoms with Crippen molar-refractivity contribution in [1.29, 1.82) is 0 Å².